The largest absolute Gasteiger partial charge is 0.464 e. The molecule has 2 aromatic rings. The lowest BCUT2D eigenvalue weighted by atomic mass is 9.93. The van der Waals surface area contributed by atoms with Gasteiger partial charge in [-0.3, -0.25) is 9.59 Å². The van der Waals surface area contributed by atoms with E-state index in [2.05, 4.69) is 27.3 Å². The molecule has 2 aliphatic rings. The lowest BCUT2D eigenvalue weighted by Crippen LogP contribution is -2.48. The van der Waals surface area contributed by atoms with Crippen molar-refractivity contribution in [3.8, 4) is 11.4 Å². The van der Waals surface area contributed by atoms with Crippen LogP contribution in [0.4, 0.5) is 0 Å². The molecule has 0 unspecified atom stereocenters. The number of ether oxygens (including phenoxy) is 1. The van der Waals surface area contributed by atoms with Gasteiger partial charge in [0.15, 0.2) is 0 Å². The Morgan fingerprint density at radius 3 is 2.59 bits per heavy atom. The minimum atomic E-state index is -0.971. The fourth-order valence-electron chi connectivity index (χ4n) is 4.98. The van der Waals surface area contributed by atoms with Gasteiger partial charge in [-0.1, -0.05) is 36.4 Å². The van der Waals surface area contributed by atoms with E-state index in [9.17, 15) is 14.4 Å². The fraction of sp³-hybridized carbons (Fsp3) is 0.556. The van der Waals surface area contributed by atoms with Crippen molar-refractivity contribution < 1.29 is 19.1 Å². The van der Waals surface area contributed by atoms with E-state index in [-0.39, 0.29) is 24.5 Å². The second kappa shape index (κ2) is 11.7. The van der Waals surface area contributed by atoms with Crippen LogP contribution in [0.1, 0.15) is 57.9 Å². The zero-order chi connectivity index (χ0) is 26.4. The summed E-state index contributed by atoms with van der Waals surface area (Å²) in [4.78, 5) is 42.7. The van der Waals surface area contributed by atoms with Gasteiger partial charge in [0.25, 0.3) is 0 Å². The SMILES string of the molecule is C=CCCCCN(C)C(=O)[C@@H]1C[C@H](n2nnc(-c3ccccc3)n2)C[C@H]1C(=O)NC1(C(=O)OCC)CC1. The summed E-state index contributed by atoms with van der Waals surface area (Å²) in [5.41, 5.74) is -0.125. The summed E-state index contributed by atoms with van der Waals surface area (Å²) in [6, 6.07) is 9.28. The number of rotatable bonds is 12. The summed E-state index contributed by atoms with van der Waals surface area (Å²) in [6.45, 7) is 6.34. The Kier molecular flexibility index (Phi) is 8.35. The van der Waals surface area contributed by atoms with Gasteiger partial charge in [0.1, 0.15) is 5.54 Å². The van der Waals surface area contributed by atoms with Crippen LogP contribution in [-0.2, 0) is 19.1 Å². The molecule has 1 N–H and O–H groups in total. The minimum absolute atomic E-state index is 0.0781. The number of nitrogens with one attached hydrogen (secondary N) is 1. The van der Waals surface area contributed by atoms with E-state index in [1.54, 1.807) is 18.9 Å². The molecule has 0 radical (unpaired) electrons. The summed E-state index contributed by atoms with van der Waals surface area (Å²) in [5, 5.41) is 15.9. The average molecular weight is 509 g/mol. The maximum absolute atomic E-state index is 13.5. The second-order valence-corrected chi connectivity index (χ2v) is 9.97. The van der Waals surface area contributed by atoms with Crippen LogP contribution < -0.4 is 5.32 Å². The zero-order valence-corrected chi connectivity index (χ0v) is 21.6. The number of hydrogen-bond donors (Lipinski definition) is 1. The molecule has 37 heavy (non-hydrogen) atoms. The molecule has 2 saturated carbocycles. The third kappa shape index (κ3) is 6.06. The van der Waals surface area contributed by atoms with Gasteiger partial charge in [-0.2, -0.15) is 4.80 Å². The van der Waals surface area contributed by atoms with Crippen molar-refractivity contribution in [2.75, 3.05) is 20.2 Å². The third-order valence-electron chi connectivity index (χ3n) is 7.29. The van der Waals surface area contributed by atoms with E-state index in [1.807, 2.05) is 36.4 Å². The molecule has 1 heterocycles. The Morgan fingerprint density at radius 2 is 1.92 bits per heavy atom. The van der Waals surface area contributed by atoms with Crippen LogP contribution in [0.25, 0.3) is 11.4 Å². The molecule has 3 atom stereocenters. The van der Waals surface area contributed by atoms with Crippen LogP contribution in [0.2, 0.25) is 0 Å². The highest BCUT2D eigenvalue weighted by atomic mass is 16.5. The van der Waals surface area contributed by atoms with Crippen molar-refractivity contribution >= 4 is 17.8 Å². The van der Waals surface area contributed by atoms with Crippen molar-refractivity contribution in [3.63, 3.8) is 0 Å². The lowest BCUT2D eigenvalue weighted by molar-refractivity contribution is -0.149. The van der Waals surface area contributed by atoms with Crippen molar-refractivity contribution in [2.45, 2.75) is 63.5 Å². The minimum Gasteiger partial charge on any atom is -0.464 e. The van der Waals surface area contributed by atoms with Gasteiger partial charge in [0.05, 0.1) is 24.5 Å². The molecular formula is C27H36N6O4. The number of nitrogens with zero attached hydrogens (tertiary/aromatic N) is 5. The quantitative estimate of drug-likeness (QED) is 0.266. The molecule has 1 aromatic heterocycles. The topological polar surface area (TPSA) is 119 Å². The molecule has 2 aliphatic carbocycles. The second-order valence-electron chi connectivity index (χ2n) is 9.97. The van der Waals surface area contributed by atoms with Gasteiger partial charge < -0.3 is 15.0 Å². The number of tetrazole rings is 1. The monoisotopic (exact) mass is 508 g/mol. The van der Waals surface area contributed by atoms with Crippen LogP contribution in [0.5, 0.6) is 0 Å². The molecule has 198 valence electrons. The van der Waals surface area contributed by atoms with Gasteiger partial charge >= 0.3 is 5.97 Å². The highest BCUT2D eigenvalue weighted by Crippen LogP contribution is 2.43. The molecule has 4 rings (SSSR count). The Morgan fingerprint density at radius 1 is 1.19 bits per heavy atom. The highest BCUT2D eigenvalue weighted by molar-refractivity contribution is 5.94. The number of esters is 1. The van der Waals surface area contributed by atoms with E-state index in [1.165, 1.54) is 4.80 Å². The smallest absolute Gasteiger partial charge is 0.331 e. The Bertz CT molecular complexity index is 1110. The van der Waals surface area contributed by atoms with Gasteiger partial charge in [-0.15, -0.1) is 16.8 Å². The standard InChI is InChI=1S/C27H36N6O4/c1-4-6-7-11-16-32(3)25(35)22-18-20(33-30-23(29-31-33)19-12-9-8-10-13-19)17-21(22)24(34)28-27(14-15-27)26(36)37-5-2/h4,8-10,12-13,20-22H,1,5-7,11,14-18H2,2-3H3,(H,28,34)/t20-,21-,22-/m1/s1. The van der Waals surface area contributed by atoms with Crippen LogP contribution >= 0.6 is 0 Å². The lowest BCUT2D eigenvalue weighted by Gasteiger charge is -2.26. The van der Waals surface area contributed by atoms with Gasteiger partial charge in [-0.25, -0.2) is 4.79 Å². The van der Waals surface area contributed by atoms with Crippen LogP contribution in [0.3, 0.4) is 0 Å². The number of carbonyl (C=O) groups excluding carboxylic acids is 3. The normalized spacial score (nSPS) is 21.7. The van der Waals surface area contributed by atoms with E-state index in [0.29, 0.717) is 38.1 Å². The first-order valence-electron chi connectivity index (χ1n) is 13.1. The van der Waals surface area contributed by atoms with Crippen LogP contribution in [-0.4, -0.2) is 68.6 Å². The van der Waals surface area contributed by atoms with Crippen LogP contribution in [0.15, 0.2) is 43.0 Å². The highest BCUT2D eigenvalue weighted by Gasteiger charge is 2.55. The number of amides is 2. The molecule has 0 aliphatic heterocycles. The maximum atomic E-state index is 13.5. The summed E-state index contributed by atoms with van der Waals surface area (Å²) in [6.07, 6.45) is 6.47. The molecule has 0 bridgehead atoms. The maximum Gasteiger partial charge on any atom is 0.331 e. The van der Waals surface area contributed by atoms with Crippen molar-refractivity contribution in [2.24, 2.45) is 11.8 Å². The summed E-state index contributed by atoms with van der Waals surface area (Å²) in [7, 11) is 1.78. The average Bonchev–Trinajstić information content (AvgIpc) is 3.31. The van der Waals surface area contributed by atoms with E-state index in [4.69, 9.17) is 4.74 Å². The molecule has 2 fully saturated rings. The number of aromatic nitrogens is 4. The molecule has 1 aromatic carbocycles. The first kappa shape index (κ1) is 26.5. The Labute approximate surface area is 217 Å². The molecule has 10 heteroatoms. The fourth-order valence-corrected chi connectivity index (χ4v) is 4.98. The number of benzene rings is 1. The van der Waals surface area contributed by atoms with Crippen molar-refractivity contribution in [1.29, 1.82) is 0 Å². The molecule has 2 amide bonds. The predicted octanol–water partition coefficient (Wildman–Crippen LogP) is 2.93. The van der Waals surface area contributed by atoms with Gasteiger partial charge in [0.2, 0.25) is 17.6 Å². The Balaban J connectivity index is 1.51. The Hall–Kier alpha value is -3.56. The van der Waals surface area contributed by atoms with Crippen molar-refractivity contribution in [1.82, 2.24) is 30.4 Å². The number of hydrogen-bond acceptors (Lipinski definition) is 7. The summed E-state index contributed by atoms with van der Waals surface area (Å²) in [5.74, 6) is -1.44. The zero-order valence-electron chi connectivity index (χ0n) is 21.6. The number of allylic oxidation sites excluding steroid dienone is 1. The first-order valence-corrected chi connectivity index (χ1v) is 13.1. The predicted molar refractivity (Wildman–Crippen MR) is 137 cm³/mol. The summed E-state index contributed by atoms with van der Waals surface area (Å²) >= 11 is 0. The van der Waals surface area contributed by atoms with Gasteiger partial charge in [-0.05, 0) is 57.1 Å². The van der Waals surface area contributed by atoms with Gasteiger partial charge in [0, 0.05) is 19.2 Å². The third-order valence-corrected chi connectivity index (χ3v) is 7.29. The number of carbonyl (C=O) groups is 3. The van der Waals surface area contributed by atoms with E-state index >= 15 is 0 Å². The molecule has 0 spiro atoms. The van der Waals surface area contributed by atoms with E-state index in [0.717, 1.165) is 24.8 Å². The molecule has 0 saturated heterocycles. The summed E-state index contributed by atoms with van der Waals surface area (Å²) < 4.78 is 5.18. The first-order chi connectivity index (χ1) is 17.9. The van der Waals surface area contributed by atoms with Crippen molar-refractivity contribution in [3.05, 3.63) is 43.0 Å². The molecular weight excluding hydrogens is 472 g/mol. The van der Waals surface area contributed by atoms with Crippen LogP contribution in [0, 0.1) is 11.8 Å². The number of unbranched alkanes of at least 4 members (excludes halogenated alkanes) is 2. The van der Waals surface area contributed by atoms with E-state index < -0.39 is 23.3 Å². The molecule has 10 nitrogen and oxygen atoms in total.